The minimum atomic E-state index is 0.00797. The van der Waals surface area contributed by atoms with Gasteiger partial charge in [0.25, 0.3) is 5.91 Å². The molecule has 0 radical (unpaired) electrons. The Hall–Kier alpha value is -1.55. The van der Waals surface area contributed by atoms with Gasteiger partial charge in [-0.15, -0.1) is 0 Å². The summed E-state index contributed by atoms with van der Waals surface area (Å²) in [6, 6.07) is 7.23. The Labute approximate surface area is 127 Å². The first kappa shape index (κ1) is 15.8. The number of amides is 1. The molecule has 2 rings (SSSR count). The zero-order valence-electron chi connectivity index (χ0n) is 13.1. The minimum absolute atomic E-state index is 0.00797. The Kier molecular flexibility index (Phi) is 5.23. The number of carbonyl (C=O) groups excluding carboxylic acids is 1. The summed E-state index contributed by atoms with van der Waals surface area (Å²) in [4.78, 5) is 12.3. The van der Waals surface area contributed by atoms with Crippen LogP contribution in [0.5, 0.6) is 0 Å². The van der Waals surface area contributed by atoms with E-state index in [1.54, 1.807) is 12.1 Å². The average molecular weight is 289 g/mol. The van der Waals surface area contributed by atoms with E-state index in [0.717, 1.165) is 12.2 Å². The van der Waals surface area contributed by atoms with E-state index in [0.29, 0.717) is 16.9 Å². The topological polar surface area (TPSA) is 67.2 Å². The monoisotopic (exact) mass is 289 g/mol. The number of anilines is 1. The van der Waals surface area contributed by atoms with Crippen molar-refractivity contribution in [3.8, 4) is 0 Å². The molecule has 1 amide bonds. The molecule has 0 atom stereocenters. The first-order valence-electron chi connectivity index (χ1n) is 7.89. The van der Waals surface area contributed by atoms with Gasteiger partial charge in [-0.2, -0.15) is 0 Å². The van der Waals surface area contributed by atoms with Gasteiger partial charge in [0.1, 0.15) is 0 Å². The number of nitrogen functional groups attached to an aromatic ring is 1. The molecule has 1 aliphatic carbocycles. The van der Waals surface area contributed by atoms with Gasteiger partial charge in [0.2, 0.25) is 0 Å². The van der Waals surface area contributed by atoms with Crippen LogP contribution in [0.3, 0.4) is 0 Å². The molecular formula is C17H27N3O. The van der Waals surface area contributed by atoms with Crippen LogP contribution in [0.15, 0.2) is 24.3 Å². The highest BCUT2D eigenvalue weighted by atomic mass is 16.1. The van der Waals surface area contributed by atoms with E-state index in [1.165, 1.54) is 32.1 Å². The zero-order valence-corrected chi connectivity index (χ0v) is 13.1. The Morgan fingerprint density at radius 3 is 2.38 bits per heavy atom. The van der Waals surface area contributed by atoms with Crippen molar-refractivity contribution in [2.45, 2.75) is 46.0 Å². The van der Waals surface area contributed by atoms with Crippen LogP contribution in [-0.2, 0) is 0 Å². The predicted octanol–water partition coefficient (Wildman–Crippen LogP) is 3.31. The van der Waals surface area contributed by atoms with Crippen molar-refractivity contribution in [2.24, 2.45) is 17.2 Å². The first-order chi connectivity index (χ1) is 10.0. The lowest BCUT2D eigenvalue weighted by Gasteiger charge is -2.31. The number of nitrogens with one attached hydrogen (secondary N) is 2. The normalized spacial score (nSPS) is 17.0. The summed E-state index contributed by atoms with van der Waals surface area (Å²) < 4.78 is 0. The summed E-state index contributed by atoms with van der Waals surface area (Å²) in [5.74, 6) is 6.01. The van der Waals surface area contributed by atoms with Crippen LogP contribution in [0.25, 0.3) is 0 Å². The quantitative estimate of drug-likeness (QED) is 0.556. The molecule has 1 aliphatic rings. The molecule has 0 spiro atoms. The summed E-state index contributed by atoms with van der Waals surface area (Å²) >= 11 is 0. The lowest BCUT2D eigenvalue weighted by atomic mass is 9.78. The molecule has 21 heavy (non-hydrogen) atoms. The smallest absolute Gasteiger partial charge is 0.251 e. The molecule has 1 saturated carbocycles. The number of nitrogens with two attached hydrogens (primary N) is 1. The van der Waals surface area contributed by atoms with E-state index in [2.05, 4.69) is 24.6 Å². The van der Waals surface area contributed by atoms with Crippen molar-refractivity contribution in [1.82, 2.24) is 5.32 Å². The minimum Gasteiger partial charge on any atom is -0.351 e. The number of benzene rings is 1. The fraction of sp³-hybridized carbons (Fsp3) is 0.588. The second kappa shape index (κ2) is 6.94. The lowest BCUT2D eigenvalue weighted by molar-refractivity contribution is 0.0922. The molecule has 116 valence electrons. The van der Waals surface area contributed by atoms with Crippen LogP contribution in [-0.4, -0.2) is 12.5 Å². The van der Waals surface area contributed by atoms with Crippen molar-refractivity contribution in [1.29, 1.82) is 0 Å². The van der Waals surface area contributed by atoms with E-state index in [9.17, 15) is 4.79 Å². The third kappa shape index (κ3) is 4.21. The molecular weight excluding hydrogens is 262 g/mol. The second-order valence-electron chi connectivity index (χ2n) is 6.71. The molecule has 4 heteroatoms. The molecule has 0 unspecified atom stereocenters. The number of rotatable bonds is 6. The first-order valence-corrected chi connectivity index (χ1v) is 7.89. The van der Waals surface area contributed by atoms with Gasteiger partial charge in [0.15, 0.2) is 0 Å². The maximum absolute atomic E-state index is 12.3. The lowest BCUT2D eigenvalue weighted by Crippen LogP contribution is -2.36. The highest BCUT2D eigenvalue weighted by molar-refractivity contribution is 5.94. The van der Waals surface area contributed by atoms with Crippen LogP contribution >= 0.6 is 0 Å². The molecule has 1 fully saturated rings. The Balaban J connectivity index is 1.95. The molecule has 0 aromatic heterocycles. The van der Waals surface area contributed by atoms with E-state index < -0.39 is 0 Å². The molecule has 4 N–H and O–H groups in total. The predicted molar refractivity (Wildman–Crippen MR) is 86.9 cm³/mol. The fourth-order valence-electron chi connectivity index (χ4n) is 3.53. The molecule has 4 nitrogen and oxygen atoms in total. The van der Waals surface area contributed by atoms with Crippen LogP contribution in [0, 0.1) is 11.3 Å². The second-order valence-corrected chi connectivity index (χ2v) is 6.71. The zero-order chi connectivity index (χ0) is 15.3. The molecule has 0 heterocycles. The van der Waals surface area contributed by atoms with Gasteiger partial charge in [0.05, 0.1) is 0 Å². The van der Waals surface area contributed by atoms with Crippen LogP contribution in [0.4, 0.5) is 5.69 Å². The van der Waals surface area contributed by atoms with Gasteiger partial charge in [-0.1, -0.05) is 26.7 Å². The van der Waals surface area contributed by atoms with E-state index >= 15 is 0 Å². The van der Waals surface area contributed by atoms with Crippen molar-refractivity contribution >= 4 is 11.6 Å². The Morgan fingerprint density at radius 1 is 1.24 bits per heavy atom. The SMILES string of the molecule is CC(C)CC1(CNC(=O)c2ccc(NN)cc2)CCCC1. The summed E-state index contributed by atoms with van der Waals surface area (Å²) in [5.41, 5.74) is 4.36. The van der Waals surface area contributed by atoms with Crippen molar-refractivity contribution < 1.29 is 4.79 Å². The van der Waals surface area contributed by atoms with Gasteiger partial charge in [-0.05, 0) is 54.9 Å². The number of hydrogen-bond donors (Lipinski definition) is 3. The number of hydrogen-bond acceptors (Lipinski definition) is 3. The Morgan fingerprint density at radius 2 is 1.86 bits per heavy atom. The van der Waals surface area contributed by atoms with E-state index in [1.807, 2.05) is 12.1 Å². The van der Waals surface area contributed by atoms with Crippen molar-refractivity contribution in [3.05, 3.63) is 29.8 Å². The maximum atomic E-state index is 12.3. The average Bonchev–Trinajstić information content (AvgIpc) is 2.93. The maximum Gasteiger partial charge on any atom is 0.251 e. The Bertz CT molecular complexity index is 461. The molecule has 0 saturated heterocycles. The molecule has 0 bridgehead atoms. The van der Waals surface area contributed by atoms with Gasteiger partial charge >= 0.3 is 0 Å². The largest absolute Gasteiger partial charge is 0.351 e. The van der Waals surface area contributed by atoms with Gasteiger partial charge in [0, 0.05) is 17.8 Å². The third-order valence-corrected chi connectivity index (χ3v) is 4.44. The summed E-state index contributed by atoms with van der Waals surface area (Å²) in [6.07, 6.45) is 6.26. The molecule has 0 aliphatic heterocycles. The van der Waals surface area contributed by atoms with E-state index in [-0.39, 0.29) is 5.91 Å². The highest BCUT2D eigenvalue weighted by Crippen LogP contribution is 2.42. The summed E-state index contributed by atoms with van der Waals surface area (Å²) in [6.45, 7) is 5.32. The van der Waals surface area contributed by atoms with Crippen molar-refractivity contribution in [3.63, 3.8) is 0 Å². The van der Waals surface area contributed by atoms with Crippen LogP contribution in [0.1, 0.15) is 56.3 Å². The van der Waals surface area contributed by atoms with E-state index in [4.69, 9.17) is 5.84 Å². The van der Waals surface area contributed by atoms with Crippen molar-refractivity contribution in [2.75, 3.05) is 12.0 Å². The van der Waals surface area contributed by atoms with Crippen LogP contribution in [0.2, 0.25) is 0 Å². The highest BCUT2D eigenvalue weighted by Gasteiger charge is 2.34. The molecule has 1 aromatic carbocycles. The standard InChI is InChI=1S/C17H27N3O/c1-13(2)11-17(9-3-4-10-17)12-19-16(21)14-5-7-15(20-18)8-6-14/h5-8,13,20H,3-4,9-12,18H2,1-2H3,(H,19,21). The van der Waals surface area contributed by atoms with Gasteiger partial charge < -0.3 is 10.7 Å². The molecule has 1 aromatic rings. The number of hydrazine groups is 1. The van der Waals surface area contributed by atoms with Gasteiger partial charge in [-0.25, -0.2) is 0 Å². The summed E-state index contributed by atoms with van der Waals surface area (Å²) in [5, 5.41) is 3.13. The third-order valence-electron chi connectivity index (χ3n) is 4.44. The van der Waals surface area contributed by atoms with Crippen LogP contribution < -0.4 is 16.6 Å². The number of carbonyl (C=O) groups is 1. The fourth-order valence-corrected chi connectivity index (χ4v) is 3.53. The summed E-state index contributed by atoms with van der Waals surface area (Å²) in [7, 11) is 0. The van der Waals surface area contributed by atoms with Gasteiger partial charge in [-0.3, -0.25) is 10.6 Å².